The minimum atomic E-state index is -3.90. The van der Waals surface area contributed by atoms with Crippen LogP contribution in [0.4, 0.5) is 5.69 Å². The number of nitrogens with zero attached hydrogens (tertiary/aromatic N) is 1. The van der Waals surface area contributed by atoms with Crippen LogP contribution in [-0.4, -0.2) is 61.3 Å². The molecule has 3 aromatic carbocycles. The molecule has 10 heteroatoms. The molecule has 1 heterocycles. The number of hydrogen-bond donors (Lipinski definition) is 1. The minimum absolute atomic E-state index is 0.0649. The van der Waals surface area contributed by atoms with Gasteiger partial charge in [0.05, 0.1) is 28.3 Å². The maximum Gasteiger partial charge on any atom is 0.262 e. The van der Waals surface area contributed by atoms with E-state index in [1.54, 1.807) is 61.7 Å². The van der Waals surface area contributed by atoms with E-state index in [4.69, 9.17) is 9.47 Å². The highest BCUT2D eigenvalue weighted by molar-refractivity contribution is 7.92. The van der Waals surface area contributed by atoms with Gasteiger partial charge in [-0.1, -0.05) is 30.3 Å². The Morgan fingerprint density at radius 2 is 1.64 bits per heavy atom. The molecule has 1 aliphatic rings. The van der Waals surface area contributed by atoms with Crippen molar-refractivity contribution in [2.24, 2.45) is 0 Å². The van der Waals surface area contributed by atoms with Crippen molar-refractivity contribution < 1.29 is 26.3 Å². The van der Waals surface area contributed by atoms with Gasteiger partial charge >= 0.3 is 0 Å². The van der Waals surface area contributed by atoms with Crippen LogP contribution in [0.15, 0.2) is 76.5 Å². The Morgan fingerprint density at radius 1 is 0.944 bits per heavy atom. The Labute approximate surface area is 212 Å². The van der Waals surface area contributed by atoms with Crippen molar-refractivity contribution in [1.29, 1.82) is 0 Å². The molecule has 8 nitrogen and oxygen atoms in total. The molecule has 0 saturated heterocycles. The molecular formula is C26H30N2O6S2. The number of nitrogens with one attached hydrogen (secondary N) is 1. The molecule has 1 aliphatic heterocycles. The van der Waals surface area contributed by atoms with Crippen LogP contribution in [0.2, 0.25) is 0 Å². The Kier molecular flexibility index (Phi) is 7.58. The lowest BCUT2D eigenvalue weighted by Gasteiger charge is -2.32. The van der Waals surface area contributed by atoms with E-state index in [-0.39, 0.29) is 28.0 Å². The van der Waals surface area contributed by atoms with Crippen molar-refractivity contribution in [3.05, 3.63) is 77.9 Å². The van der Waals surface area contributed by atoms with E-state index in [1.807, 2.05) is 14.1 Å². The molecule has 36 heavy (non-hydrogen) atoms. The zero-order chi connectivity index (χ0) is 25.9. The SMILES string of the molecule is COc1ccc(NS(=O)(=O)c2ccc(CCS(=O)(=O)c3ccccc3)cc2)c2c1C[C@@H](N(C)C)CO2. The molecule has 1 atom stereocenters. The van der Waals surface area contributed by atoms with E-state index < -0.39 is 19.9 Å². The Morgan fingerprint density at radius 3 is 2.28 bits per heavy atom. The molecule has 1 N–H and O–H groups in total. The first-order chi connectivity index (χ1) is 17.1. The van der Waals surface area contributed by atoms with Crippen LogP contribution in [0, 0.1) is 0 Å². The number of likely N-dealkylation sites (N-methyl/N-ethyl adjacent to an activating group) is 1. The van der Waals surface area contributed by atoms with Gasteiger partial charge in [-0.25, -0.2) is 16.8 Å². The van der Waals surface area contributed by atoms with E-state index >= 15 is 0 Å². The number of sulfonamides is 1. The smallest absolute Gasteiger partial charge is 0.262 e. The third-order valence-corrected chi connectivity index (χ3v) is 9.38. The van der Waals surface area contributed by atoms with Crippen molar-refractivity contribution >= 4 is 25.5 Å². The molecule has 0 saturated carbocycles. The predicted octanol–water partition coefficient (Wildman–Crippen LogP) is 3.38. The fourth-order valence-corrected chi connectivity index (χ4v) is 6.46. The molecular weight excluding hydrogens is 500 g/mol. The minimum Gasteiger partial charge on any atom is -0.496 e. The topological polar surface area (TPSA) is 102 Å². The van der Waals surface area contributed by atoms with Crippen LogP contribution in [0.25, 0.3) is 0 Å². The van der Waals surface area contributed by atoms with Crippen LogP contribution in [-0.2, 0) is 32.7 Å². The van der Waals surface area contributed by atoms with Crippen molar-refractivity contribution in [2.45, 2.75) is 28.7 Å². The Bertz CT molecular complexity index is 1420. The molecule has 0 radical (unpaired) electrons. The van der Waals surface area contributed by atoms with Gasteiger partial charge in [-0.2, -0.15) is 0 Å². The number of sulfone groups is 1. The molecule has 0 bridgehead atoms. The van der Waals surface area contributed by atoms with E-state index in [1.165, 1.54) is 12.1 Å². The third kappa shape index (κ3) is 5.66. The van der Waals surface area contributed by atoms with Gasteiger partial charge in [0.1, 0.15) is 18.1 Å². The quantitative estimate of drug-likeness (QED) is 0.453. The number of hydrogen-bond acceptors (Lipinski definition) is 7. The van der Waals surface area contributed by atoms with Gasteiger partial charge in [0.15, 0.2) is 9.84 Å². The predicted molar refractivity (Wildman–Crippen MR) is 139 cm³/mol. The summed E-state index contributed by atoms with van der Waals surface area (Å²) >= 11 is 0. The number of aryl methyl sites for hydroxylation is 1. The lowest BCUT2D eigenvalue weighted by Crippen LogP contribution is -2.38. The van der Waals surface area contributed by atoms with E-state index in [2.05, 4.69) is 9.62 Å². The number of anilines is 1. The standard InChI is InChI=1S/C26H30N2O6S2/c1-28(2)20-17-23-25(33-3)14-13-24(26(23)34-18-20)27-36(31,32)22-11-9-19(10-12-22)15-16-35(29,30)21-7-5-4-6-8-21/h4-14,20,27H,15-18H2,1-3H3/t20-/m1/s1. The van der Waals surface area contributed by atoms with Crippen molar-refractivity contribution in [2.75, 3.05) is 38.3 Å². The number of benzene rings is 3. The van der Waals surface area contributed by atoms with Crippen LogP contribution in [0.3, 0.4) is 0 Å². The highest BCUT2D eigenvalue weighted by Gasteiger charge is 2.28. The monoisotopic (exact) mass is 530 g/mol. The maximum atomic E-state index is 13.1. The fourth-order valence-electron chi connectivity index (χ4n) is 4.08. The van der Waals surface area contributed by atoms with Gasteiger partial charge in [-0.05, 0) is 68.9 Å². The summed E-state index contributed by atoms with van der Waals surface area (Å²) < 4.78 is 65.4. The first-order valence-corrected chi connectivity index (χ1v) is 14.6. The van der Waals surface area contributed by atoms with Crippen LogP contribution >= 0.6 is 0 Å². The van der Waals surface area contributed by atoms with Crippen LogP contribution < -0.4 is 14.2 Å². The van der Waals surface area contributed by atoms with Gasteiger partial charge < -0.3 is 14.4 Å². The van der Waals surface area contributed by atoms with Gasteiger partial charge in [-0.15, -0.1) is 0 Å². The van der Waals surface area contributed by atoms with E-state index in [0.717, 1.165) is 11.1 Å². The second kappa shape index (κ2) is 10.5. The summed E-state index contributed by atoms with van der Waals surface area (Å²) in [5.41, 5.74) is 1.90. The summed E-state index contributed by atoms with van der Waals surface area (Å²) in [6.45, 7) is 0.433. The highest BCUT2D eigenvalue weighted by Crippen LogP contribution is 2.40. The molecule has 0 spiro atoms. The maximum absolute atomic E-state index is 13.1. The summed E-state index contributed by atoms with van der Waals surface area (Å²) in [4.78, 5) is 2.41. The summed E-state index contributed by atoms with van der Waals surface area (Å²) in [7, 11) is -1.80. The zero-order valence-corrected chi connectivity index (χ0v) is 22.1. The van der Waals surface area contributed by atoms with Gasteiger partial charge in [-0.3, -0.25) is 4.72 Å². The highest BCUT2D eigenvalue weighted by atomic mass is 32.2. The second-order valence-corrected chi connectivity index (χ2v) is 12.7. The van der Waals surface area contributed by atoms with Crippen molar-refractivity contribution in [3.63, 3.8) is 0 Å². The van der Waals surface area contributed by atoms with Crippen LogP contribution in [0.5, 0.6) is 11.5 Å². The molecule has 0 aromatic heterocycles. The largest absolute Gasteiger partial charge is 0.496 e. The number of methoxy groups -OCH3 is 1. The summed E-state index contributed by atoms with van der Waals surface area (Å²) in [6, 6.07) is 18.0. The molecule has 0 unspecified atom stereocenters. The number of rotatable bonds is 9. The molecule has 0 amide bonds. The third-order valence-electron chi connectivity index (χ3n) is 6.27. The van der Waals surface area contributed by atoms with E-state index in [0.29, 0.717) is 30.2 Å². The lowest BCUT2D eigenvalue weighted by molar-refractivity contribution is 0.164. The van der Waals surface area contributed by atoms with Crippen LogP contribution in [0.1, 0.15) is 11.1 Å². The molecule has 0 fully saturated rings. The van der Waals surface area contributed by atoms with Crippen molar-refractivity contribution in [1.82, 2.24) is 4.90 Å². The summed E-state index contributed by atoms with van der Waals surface area (Å²) in [6.07, 6.45) is 0.944. The van der Waals surface area contributed by atoms with Gasteiger partial charge in [0.25, 0.3) is 10.0 Å². The molecule has 4 rings (SSSR count). The fraction of sp³-hybridized carbons (Fsp3) is 0.308. The van der Waals surface area contributed by atoms with Gasteiger partial charge in [0, 0.05) is 11.6 Å². The lowest BCUT2D eigenvalue weighted by atomic mass is 10.00. The average molecular weight is 531 g/mol. The first kappa shape index (κ1) is 26.0. The zero-order valence-electron chi connectivity index (χ0n) is 20.5. The Balaban J connectivity index is 1.50. The summed E-state index contributed by atoms with van der Waals surface area (Å²) in [5, 5.41) is 0. The first-order valence-electron chi connectivity index (χ1n) is 11.5. The normalized spacial score (nSPS) is 15.7. The second-order valence-electron chi connectivity index (χ2n) is 8.89. The molecule has 3 aromatic rings. The number of fused-ring (bicyclic) bond motifs is 1. The van der Waals surface area contributed by atoms with Gasteiger partial charge in [0.2, 0.25) is 0 Å². The number of ether oxygens (including phenoxy) is 2. The van der Waals surface area contributed by atoms with Crippen molar-refractivity contribution in [3.8, 4) is 11.5 Å². The van der Waals surface area contributed by atoms with E-state index in [9.17, 15) is 16.8 Å². The summed E-state index contributed by atoms with van der Waals surface area (Å²) in [5.74, 6) is 1.05. The molecule has 192 valence electrons. The molecule has 0 aliphatic carbocycles. The average Bonchev–Trinajstić information content (AvgIpc) is 2.88. The Hall–Kier alpha value is -3.08.